The molecule has 7 fully saturated rings. The van der Waals surface area contributed by atoms with Gasteiger partial charge in [0, 0.05) is 15.4 Å². The van der Waals surface area contributed by atoms with Crippen molar-refractivity contribution in [2.45, 2.75) is 61.5 Å². The van der Waals surface area contributed by atoms with Crippen LogP contribution in [-0.2, 0) is 29.2 Å². The molecule has 7 aliphatic rings. The zero-order valence-electron chi connectivity index (χ0n) is 23.8. The van der Waals surface area contributed by atoms with E-state index < -0.39 is 58.0 Å². The van der Waals surface area contributed by atoms with Crippen molar-refractivity contribution in [1.29, 1.82) is 0 Å². The van der Waals surface area contributed by atoms with Crippen LogP contribution in [0.25, 0.3) is 0 Å². The van der Waals surface area contributed by atoms with Gasteiger partial charge in [0.2, 0.25) is 0 Å². The second-order valence-electron chi connectivity index (χ2n) is 13.7. The van der Waals surface area contributed by atoms with Gasteiger partial charge < -0.3 is 23.9 Å². The number of esters is 3. The van der Waals surface area contributed by atoms with Crippen molar-refractivity contribution in [3.05, 3.63) is 48.6 Å². The first kappa shape index (κ1) is 30.4. The van der Waals surface area contributed by atoms with Crippen molar-refractivity contribution in [3.8, 4) is 11.5 Å². The van der Waals surface area contributed by atoms with Crippen LogP contribution in [0.1, 0.15) is 60.4 Å². The molecule has 2 aromatic carbocycles. The third-order valence-electron chi connectivity index (χ3n) is 11.4. The highest BCUT2D eigenvalue weighted by Gasteiger charge is 2.70. The number of fused-ring (bicyclic) bond motifs is 1. The summed E-state index contributed by atoms with van der Waals surface area (Å²) in [5.74, 6) is -2.85. The van der Waals surface area contributed by atoms with Crippen LogP contribution in [0.5, 0.6) is 11.5 Å². The van der Waals surface area contributed by atoms with Crippen molar-refractivity contribution in [2.24, 2.45) is 47.3 Å². The van der Waals surface area contributed by atoms with Gasteiger partial charge in [-0.1, -0.05) is 0 Å². The minimum Gasteiger partial charge on any atom is -0.744 e. The normalized spacial score (nSPS) is 37.1. The van der Waals surface area contributed by atoms with Crippen LogP contribution < -0.4 is 4.74 Å². The van der Waals surface area contributed by atoms with E-state index >= 15 is 0 Å². The van der Waals surface area contributed by atoms with Crippen LogP contribution >= 0.6 is 45.2 Å². The van der Waals surface area contributed by atoms with E-state index in [1.807, 2.05) is 45.2 Å². The highest BCUT2D eigenvalue weighted by molar-refractivity contribution is 14.1. The summed E-state index contributed by atoms with van der Waals surface area (Å²) in [7, 11) is -4.77. The van der Waals surface area contributed by atoms with Crippen LogP contribution in [0.15, 0.2) is 35.2 Å². The number of rotatable bonds is 6. The molecule has 9 rings (SSSR count). The monoisotopic (exact) mass is 859 g/mol. The average molecular weight is 859 g/mol. The van der Waals surface area contributed by atoms with Gasteiger partial charge in [0.15, 0.2) is 0 Å². The van der Waals surface area contributed by atoms with Crippen LogP contribution in [-0.4, -0.2) is 48.2 Å². The number of aromatic hydroxyl groups is 1. The number of carbonyl (C=O) groups excluding carboxylic acids is 3. The van der Waals surface area contributed by atoms with Crippen molar-refractivity contribution in [2.75, 3.05) is 0 Å². The van der Waals surface area contributed by atoms with Crippen molar-refractivity contribution in [3.63, 3.8) is 0 Å². The molecule has 1 saturated heterocycles. The quantitative estimate of drug-likeness (QED) is 0.182. The Kier molecular flexibility index (Phi) is 7.27. The third kappa shape index (κ3) is 4.91. The molecule has 238 valence electrons. The second kappa shape index (κ2) is 10.8. The second-order valence-corrected chi connectivity index (χ2v) is 17.5. The minimum atomic E-state index is -4.77. The van der Waals surface area contributed by atoms with Gasteiger partial charge in [0.25, 0.3) is 0 Å². The molecular weight excluding hydrogens is 830 g/mol. The van der Waals surface area contributed by atoms with Gasteiger partial charge in [-0.05, 0) is 149 Å². The molecule has 0 spiro atoms. The maximum Gasteiger partial charge on any atom is 0.342 e. The summed E-state index contributed by atoms with van der Waals surface area (Å²) in [5, 5.41) is 10.5. The number of hydrogen-bond donors (Lipinski definition) is 1. The molecule has 1 heterocycles. The Morgan fingerprint density at radius 1 is 0.933 bits per heavy atom. The molecule has 0 radical (unpaired) electrons. The molecule has 0 amide bonds. The summed E-state index contributed by atoms with van der Waals surface area (Å²) in [5.41, 5.74) is 0.413. The van der Waals surface area contributed by atoms with Crippen LogP contribution in [0, 0.1) is 54.5 Å². The lowest BCUT2D eigenvalue weighted by molar-refractivity contribution is -0.149. The molecule has 2 aromatic rings. The predicted octanol–water partition coefficient (Wildman–Crippen LogP) is 4.98. The predicted molar refractivity (Wildman–Crippen MR) is 171 cm³/mol. The molecule has 6 aliphatic carbocycles. The number of ether oxygens (including phenoxy) is 3. The molecule has 13 heteroatoms. The van der Waals surface area contributed by atoms with E-state index in [4.69, 9.17) is 14.2 Å². The largest absolute Gasteiger partial charge is 0.744 e. The van der Waals surface area contributed by atoms with Gasteiger partial charge in [0.05, 0.1) is 20.3 Å². The summed E-state index contributed by atoms with van der Waals surface area (Å²) >= 11 is 3.96. The molecule has 45 heavy (non-hydrogen) atoms. The van der Waals surface area contributed by atoms with Gasteiger partial charge in [-0.25, -0.2) is 13.2 Å². The Morgan fingerprint density at radius 2 is 1.62 bits per heavy atom. The van der Waals surface area contributed by atoms with Gasteiger partial charge >= 0.3 is 17.9 Å². The smallest absolute Gasteiger partial charge is 0.342 e. The Labute approximate surface area is 287 Å². The number of benzene rings is 2. The Hall–Kier alpha value is -1.98. The first-order chi connectivity index (χ1) is 21.4. The molecule has 1 N–H and O–H groups in total. The highest BCUT2D eigenvalue weighted by atomic mass is 127. The number of phenols is 1. The SMILES string of the molecule is O=C(OC1C2CC3C1OC(=O)C3C2C(=O)Oc1ccc(S(=O)(=O)[O-])c(C2C3CC4CC(C3)CC2C4)c1)c1cc(I)cc(I)c1O. The molecule has 6 unspecified atom stereocenters. The summed E-state index contributed by atoms with van der Waals surface area (Å²) in [6, 6.07) is 7.33. The minimum absolute atomic E-state index is 0.0141. The molecular formula is C32H29I2O10S-. The van der Waals surface area contributed by atoms with Crippen LogP contribution in [0.3, 0.4) is 0 Å². The zero-order valence-corrected chi connectivity index (χ0v) is 28.9. The Bertz CT molecular complexity index is 1730. The summed E-state index contributed by atoms with van der Waals surface area (Å²) in [4.78, 5) is 39.7. The fourth-order valence-corrected chi connectivity index (χ4v) is 12.6. The first-order valence-electron chi connectivity index (χ1n) is 15.3. The average Bonchev–Trinajstić information content (AvgIpc) is 3.58. The van der Waals surface area contributed by atoms with Gasteiger partial charge in [-0.15, -0.1) is 0 Å². The summed E-state index contributed by atoms with van der Waals surface area (Å²) < 4.78 is 55.6. The Balaban J connectivity index is 1.07. The van der Waals surface area contributed by atoms with Gasteiger partial charge in [-0.2, -0.15) is 0 Å². The maximum absolute atomic E-state index is 13.8. The molecule has 6 bridgehead atoms. The van der Waals surface area contributed by atoms with E-state index in [9.17, 15) is 32.5 Å². The van der Waals surface area contributed by atoms with Crippen molar-refractivity contribution in [1.82, 2.24) is 0 Å². The number of hydrogen-bond acceptors (Lipinski definition) is 10. The lowest BCUT2D eigenvalue weighted by Crippen LogP contribution is -2.44. The van der Waals surface area contributed by atoms with E-state index in [1.165, 1.54) is 30.7 Å². The summed E-state index contributed by atoms with van der Waals surface area (Å²) in [6.45, 7) is 0. The summed E-state index contributed by atoms with van der Waals surface area (Å²) in [6.07, 6.45) is 4.11. The third-order valence-corrected chi connectivity index (χ3v) is 13.7. The molecule has 6 saturated carbocycles. The van der Waals surface area contributed by atoms with E-state index in [0.717, 1.165) is 29.3 Å². The van der Waals surface area contributed by atoms with Gasteiger partial charge in [0.1, 0.15) is 39.4 Å². The zero-order chi connectivity index (χ0) is 31.5. The molecule has 10 nitrogen and oxygen atoms in total. The topological polar surface area (TPSA) is 156 Å². The van der Waals surface area contributed by atoms with Gasteiger partial charge in [-0.3, -0.25) is 9.59 Å². The van der Waals surface area contributed by atoms with Crippen LogP contribution in [0.4, 0.5) is 0 Å². The highest BCUT2D eigenvalue weighted by Crippen LogP contribution is 2.61. The molecule has 6 atom stereocenters. The van der Waals surface area contributed by atoms with Crippen LogP contribution in [0.2, 0.25) is 0 Å². The number of carbonyl (C=O) groups is 3. The Morgan fingerprint density at radius 3 is 2.29 bits per heavy atom. The van der Waals surface area contributed by atoms with Crippen molar-refractivity contribution < 1.29 is 46.7 Å². The first-order valence-corrected chi connectivity index (χ1v) is 18.8. The number of halogens is 2. The number of phenolic OH excluding ortho intramolecular Hbond substituents is 1. The lowest BCUT2D eigenvalue weighted by atomic mass is 9.51. The molecule has 0 aromatic heterocycles. The van der Waals surface area contributed by atoms with E-state index in [2.05, 4.69) is 0 Å². The van der Waals surface area contributed by atoms with E-state index in [1.54, 1.807) is 6.07 Å². The maximum atomic E-state index is 13.8. The lowest BCUT2D eigenvalue weighted by Gasteiger charge is -2.55. The van der Waals surface area contributed by atoms with Crippen molar-refractivity contribution >= 4 is 73.2 Å². The fraction of sp³-hybridized carbons (Fsp3) is 0.531. The standard InChI is InChI=1S/C32H30I2O10S/c33-16-8-21(27(35)22(34)9-16)30(36)43-28-19-11-20-26(32(38)44-29(20)28)25(19)31(37)42-17-1-2-23(45(39,40)41)18(10-17)24-14-4-12-3-13(6-14)7-15(24)5-12/h1-2,8-10,12-15,19-20,24-26,28-29,35H,3-7,11H2,(H,39,40,41)/p-1. The molecule has 1 aliphatic heterocycles. The fourth-order valence-electron chi connectivity index (χ4n) is 10.1. The van der Waals surface area contributed by atoms with E-state index in [0.29, 0.717) is 27.4 Å². The van der Waals surface area contributed by atoms with E-state index in [-0.39, 0.29) is 45.6 Å².